The highest BCUT2D eigenvalue weighted by molar-refractivity contribution is 5.28. The molecule has 0 aliphatic carbocycles. The lowest BCUT2D eigenvalue weighted by atomic mass is 10.0. The predicted octanol–water partition coefficient (Wildman–Crippen LogP) is 4.55. The predicted molar refractivity (Wildman–Crippen MR) is 82.2 cm³/mol. The minimum absolute atomic E-state index is 0.172. The first kappa shape index (κ1) is 14.7. The summed E-state index contributed by atoms with van der Waals surface area (Å²) in [6, 6.07) is 13.9. The smallest absolute Gasteiger partial charge is 0.123 e. The molecule has 1 unspecified atom stereocenters. The average Bonchev–Trinajstić information content (AvgIpc) is 2.46. The largest absolute Gasteiger partial charge is 0.306 e. The lowest BCUT2D eigenvalue weighted by molar-refractivity contribution is 0.571. The number of halogens is 1. The van der Waals surface area contributed by atoms with E-state index in [-0.39, 0.29) is 11.9 Å². The number of aryl methyl sites for hydroxylation is 2. The number of benzene rings is 2. The summed E-state index contributed by atoms with van der Waals surface area (Å²) in [4.78, 5) is 0. The van der Waals surface area contributed by atoms with Crippen LogP contribution in [-0.4, -0.2) is 0 Å². The Bertz CT molecular complexity index is 560. The van der Waals surface area contributed by atoms with Gasteiger partial charge in [0, 0.05) is 12.6 Å². The third-order valence-electron chi connectivity index (χ3n) is 3.79. The van der Waals surface area contributed by atoms with Gasteiger partial charge in [0.25, 0.3) is 0 Å². The van der Waals surface area contributed by atoms with Gasteiger partial charge in [-0.2, -0.15) is 0 Å². The van der Waals surface area contributed by atoms with Crippen LogP contribution >= 0.6 is 0 Å². The van der Waals surface area contributed by atoms with Gasteiger partial charge in [0.15, 0.2) is 0 Å². The average molecular weight is 271 g/mol. The maximum absolute atomic E-state index is 13.1. The van der Waals surface area contributed by atoms with Crippen molar-refractivity contribution in [3.63, 3.8) is 0 Å². The van der Waals surface area contributed by atoms with Crippen LogP contribution in [0.5, 0.6) is 0 Å². The Hall–Kier alpha value is -1.67. The fraction of sp³-hybridized carbons (Fsp3) is 0.333. The van der Waals surface area contributed by atoms with Crippen molar-refractivity contribution in [2.75, 3.05) is 0 Å². The van der Waals surface area contributed by atoms with E-state index in [9.17, 15) is 4.39 Å². The molecular weight excluding hydrogens is 249 g/mol. The van der Waals surface area contributed by atoms with E-state index in [0.717, 1.165) is 24.1 Å². The lowest BCUT2D eigenvalue weighted by Crippen LogP contribution is -2.18. The van der Waals surface area contributed by atoms with Crippen molar-refractivity contribution in [1.29, 1.82) is 0 Å². The van der Waals surface area contributed by atoms with E-state index in [0.29, 0.717) is 0 Å². The number of hydrogen-bond donors (Lipinski definition) is 1. The summed E-state index contributed by atoms with van der Waals surface area (Å²) in [6.07, 6.45) is 1.07. The first-order valence-electron chi connectivity index (χ1n) is 7.17. The van der Waals surface area contributed by atoms with E-state index >= 15 is 0 Å². The number of hydrogen-bond acceptors (Lipinski definition) is 1. The van der Waals surface area contributed by atoms with Gasteiger partial charge in [0.1, 0.15) is 5.82 Å². The molecule has 0 radical (unpaired) electrons. The molecule has 1 nitrogen and oxygen atoms in total. The summed E-state index contributed by atoms with van der Waals surface area (Å²) in [5.74, 6) is -0.172. The quantitative estimate of drug-likeness (QED) is 0.841. The highest BCUT2D eigenvalue weighted by Gasteiger charge is 2.06. The zero-order valence-electron chi connectivity index (χ0n) is 12.4. The second-order valence-electron chi connectivity index (χ2n) is 5.27. The Morgan fingerprint density at radius 1 is 1.10 bits per heavy atom. The van der Waals surface area contributed by atoms with Crippen molar-refractivity contribution >= 4 is 0 Å². The van der Waals surface area contributed by atoms with E-state index in [4.69, 9.17) is 0 Å². The normalized spacial score (nSPS) is 12.4. The molecule has 106 valence electrons. The standard InChI is InChI=1S/C18H22FN/c1-4-15-5-7-16(8-6-15)14(3)20-12-17-9-10-18(19)11-13(17)2/h5-11,14,20H,4,12H2,1-3H3. The summed E-state index contributed by atoms with van der Waals surface area (Å²) in [5, 5.41) is 3.49. The van der Waals surface area contributed by atoms with Crippen molar-refractivity contribution in [2.24, 2.45) is 0 Å². The van der Waals surface area contributed by atoms with Crippen LogP contribution in [0.4, 0.5) is 4.39 Å². The number of rotatable bonds is 5. The zero-order valence-corrected chi connectivity index (χ0v) is 12.4. The minimum atomic E-state index is -0.172. The zero-order chi connectivity index (χ0) is 14.5. The SMILES string of the molecule is CCc1ccc(C(C)NCc2ccc(F)cc2C)cc1. The van der Waals surface area contributed by atoms with Crippen LogP contribution in [0.3, 0.4) is 0 Å². The van der Waals surface area contributed by atoms with Gasteiger partial charge < -0.3 is 5.32 Å². The highest BCUT2D eigenvalue weighted by Crippen LogP contribution is 2.16. The Morgan fingerprint density at radius 3 is 2.40 bits per heavy atom. The molecule has 0 spiro atoms. The second-order valence-corrected chi connectivity index (χ2v) is 5.27. The molecule has 20 heavy (non-hydrogen) atoms. The van der Waals surface area contributed by atoms with Crippen LogP contribution in [0.2, 0.25) is 0 Å². The molecule has 0 fully saturated rings. The molecule has 0 saturated carbocycles. The highest BCUT2D eigenvalue weighted by atomic mass is 19.1. The van der Waals surface area contributed by atoms with Crippen LogP contribution in [0, 0.1) is 12.7 Å². The Kier molecular flexibility index (Phi) is 4.91. The van der Waals surface area contributed by atoms with Crippen molar-refractivity contribution in [1.82, 2.24) is 5.32 Å². The topological polar surface area (TPSA) is 12.0 Å². The molecule has 1 N–H and O–H groups in total. The minimum Gasteiger partial charge on any atom is -0.306 e. The van der Waals surface area contributed by atoms with Crippen molar-refractivity contribution < 1.29 is 4.39 Å². The third kappa shape index (κ3) is 3.67. The van der Waals surface area contributed by atoms with E-state index in [1.54, 1.807) is 6.07 Å². The van der Waals surface area contributed by atoms with Crippen LogP contribution in [0.25, 0.3) is 0 Å². The Labute approximate surface area is 120 Å². The maximum atomic E-state index is 13.1. The fourth-order valence-corrected chi connectivity index (χ4v) is 2.28. The molecule has 0 aliphatic heterocycles. The summed E-state index contributed by atoms with van der Waals surface area (Å²) in [6.45, 7) is 7.01. The van der Waals surface area contributed by atoms with Crippen molar-refractivity contribution in [2.45, 2.75) is 39.8 Å². The van der Waals surface area contributed by atoms with Gasteiger partial charge in [0.2, 0.25) is 0 Å². The van der Waals surface area contributed by atoms with Crippen LogP contribution in [0.15, 0.2) is 42.5 Å². The molecule has 2 rings (SSSR count). The molecule has 0 bridgehead atoms. The van der Waals surface area contributed by atoms with Gasteiger partial charge in [-0.3, -0.25) is 0 Å². The molecule has 0 saturated heterocycles. The van der Waals surface area contributed by atoms with E-state index in [1.165, 1.54) is 17.2 Å². The molecule has 0 aromatic heterocycles. The first-order valence-corrected chi connectivity index (χ1v) is 7.17. The molecule has 0 amide bonds. The lowest BCUT2D eigenvalue weighted by Gasteiger charge is -2.16. The van der Waals surface area contributed by atoms with Crippen molar-refractivity contribution in [3.05, 3.63) is 70.5 Å². The molecular formula is C18H22FN. The van der Waals surface area contributed by atoms with Gasteiger partial charge in [-0.25, -0.2) is 4.39 Å². The molecule has 2 aromatic carbocycles. The van der Waals surface area contributed by atoms with Gasteiger partial charge >= 0.3 is 0 Å². The van der Waals surface area contributed by atoms with Crippen molar-refractivity contribution in [3.8, 4) is 0 Å². The van der Waals surface area contributed by atoms with Gasteiger partial charge in [0.05, 0.1) is 0 Å². The third-order valence-corrected chi connectivity index (χ3v) is 3.79. The Morgan fingerprint density at radius 2 is 1.80 bits per heavy atom. The van der Waals surface area contributed by atoms with Crippen LogP contribution < -0.4 is 5.32 Å². The molecule has 2 aromatic rings. The molecule has 1 atom stereocenters. The first-order chi connectivity index (χ1) is 9.60. The molecule has 0 heterocycles. The van der Waals surface area contributed by atoms with E-state index in [2.05, 4.69) is 43.4 Å². The number of nitrogens with one attached hydrogen (secondary N) is 1. The molecule has 0 aliphatic rings. The Balaban J connectivity index is 1.98. The summed E-state index contributed by atoms with van der Waals surface area (Å²) < 4.78 is 13.1. The van der Waals surface area contributed by atoms with E-state index in [1.807, 2.05) is 13.0 Å². The molecule has 2 heteroatoms. The summed E-state index contributed by atoms with van der Waals surface area (Å²) in [7, 11) is 0. The fourth-order valence-electron chi connectivity index (χ4n) is 2.28. The monoisotopic (exact) mass is 271 g/mol. The summed E-state index contributed by atoms with van der Waals surface area (Å²) >= 11 is 0. The maximum Gasteiger partial charge on any atom is 0.123 e. The van der Waals surface area contributed by atoms with E-state index < -0.39 is 0 Å². The summed E-state index contributed by atoms with van der Waals surface area (Å²) in [5.41, 5.74) is 4.77. The second kappa shape index (κ2) is 6.67. The van der Waals surface area contributed by atoms with Gasteiger partial charge in [-0.1, -0.05) is 37.3 Å². The van der Waals surface area contributed by atoms with Crippen LogP contribution in [0.1, 0.15) is 42.1 Å². The van der Waals surface area contributed by atoms with Gasteiger partial charge in [-0.15, -0.1) is 0 Å². The van der Waals surface area contributed by atoms with Crippen LogP contribution in [-0.2, 0) is 13.0 Å². The van der Waals surface area contributed by atoms with Gasteiger partial charge in [-0.05, 0) is 54.7 Å².